The smallest absolute Gasteiger partial charge is 0.0471 e. The van der Waals surface area contributed by atoms with Gasteiger partial charge in [0.05, 0.1) is 0 Å². The van der Waals surface area contributed by atoms with Crippen LogP contribution in [0.4, 0.5) is 0 Å². The fourth-order valence-electron chi connectivity index (χ4n) is 10.3. The predicted molar refractivity (Wildman–Crippen MR) is 188 cm³/mol. The molecule has 2 nitrogen and oxygen atoms in total. The molecule has 6 aliphatic rings. The van der Waals surface area contributed by atoms with Crippen molar-refractivity contribution in [3.63, 3.8) is 0 Å². The molecule has 0 bridgehead atoms. The zero-order valence-electron chi connectivity index (χ0n) is 28.6. The highest BCUT2D eigenvalue weighted by molar-refractivity contribution is 5.19. The molecule has 1 saturated carbocycles. The fraction of sp³-hybridized carbons (Fsp3) is 0.810. The molecule has 6 rings (SSSR count). The zero-order valence-corrected chi connectivity index (χ0v) is 28.6. The zero-order chi connectivity index (χ0) is 30.0. The Morgan fingerprint density at radius 2 is 1.48 bits per heavy atom. The first-order valence-corrected chi connectivity index (χ1v) is 19.8. The summed E-state index contributed by atoms with van der Waals surface area (Å²) in [5.74, 6) is 5.29. The maximum absolute atomic E-state index is 5.77. The third-order valence-electron chi connectivity index (χ3n) is 12.9. The molecule has 246 valence electrons. The van der Waals surface area contributed by atoms with Crippen molar-refractivity contribution in [2.24, 2.45) is 35.5 Å². The van der Waals surface area contributed by atoms with Crippen molar-refractivity contribution in [2.45, 2.75) is 161 Å². The Hall–Kier alpha value is -1.12. The van der Waals surface area contributed by atoms with E-state index in [2.05, 4.69) is 36.5 Å². The number of rotatable bonds is 12. The van der Waals surface area contributed by atoms with E-state index in [1.165, 1.54) is 154 Å². The Bertz CT molecular complexity index is 1000. The van der Waals surface area contributed by atoms with Crippen LogP contribution in [0.1, 0.15) is 155 Å². The number of allylic oxidation sites excluding steroid dienone is 7. The molecule has 1 heterocycles. The van der Waals surface area contributed by atoms with Gasteiger partial charge in [0.15, 0.2) is 0 Å². The van der Waals surface area contributed by atoms with Gasteiger partial charge in [0.1, 0.15) is 0 Å². The third-order valence-corrected chi connectivity index (χ3v) is 12.9. The number of hydrogen-bond donors (Lipinski definition) is 1. The normalized spacial score (nSPS) is 34.1. The highest BCUT2D eigenvalue weighted by atomic mass is 16.5. The van der Waals surface area contributed by atoms with E-state index in [0.717, 1.165) is 54.8 Å². The fourth-order valence-corrected chi connectivity index (χ4v) is 10.3. The van der Waals surface area contributed by atoms with Crippen molar-refractivity contribution in [1.82, 2.24) is 5.32 Å². The summed E-state index contributed by atoms with van der Waals surface area (Å²) < 4.78 is 5.77. The van der Waals surface area contributed by atoms with Gasteiger partial charge in [-0.15, -0.1) is 0 Å². The van der Waals surface area contributed by atoms with Crippen LogP contribution in [0.15, 0.2) is 46.6 Å². The molecular weight excluding hydrogens is 534 g/mol. The van der Waals surface area contributed by atoms with Crippen molar-refractivity contribution in [3.8, 4) is 0 Å². The molecule has 2 heteroatoms. The Balaban J connectivity index is 0.968. The van der Waals surface area contributed by atoms with Gasteiger partial charge < -0.3 is 10.1 Å². The first-order valence-electron chi connectivity index (χ1n) is 19.8. The molecular formula is C42H67NO. The average molecular weight is 602 g/mol. The highest BCUT2D eigenvalue weighted by Gasteiger charge is 2.31. The van der Waals surface area contributed by atoms with E-state index in [9.17, 15) is 0 Å². The van der Waals surface area contributed by atoms with Gasteiger partial charge in [-0.05, 0) is 170 Å². The van der Waals surface area contributed by atoms with Crippen molar-refractivity contribution in [3.05, 3.63) is 46.6 Å². The van der Waals surface area contributed by atoms with Gasteiger partial charge in [0, 0.05) is 19.3 Å². The largest absolute Gasteiger partial charge is 0.381 e. The van der Waals surface area contributed by atoms with Crippen LogP contribution in [0.3, 0.4) is 0 Å². The quantitative estimate of drug-likeness (QED) is 0.225. The van der Waals surface area contributed by atoms with E-state index in [4.69, 9.17) is 4.74 Å². The SMILES string of the molecule is CCCNC1CC=C(CC2C=C(C3CCOCC3)CC(CCCC3CCC=C(C4CCC(C5=CCCCC5)CC4)C3)C2)CC1. The topological polar surface area (TPSA) is 21.3 Å². The van der Waals surface area contributed by atoms with Crippen LogP contribution in [0.5, 0.6) is 0 Å². The Labute approximate surface area is 272 Å². The minimum absolute atomic E-state index is 0.718. The van der Waals surface area contributed by atoms with Crippen LogP contribution in [-0.2, 0) is 4.74 Å². The summed E-state index contributed by atoms with van der Waals surface area (Å²) in [6.45, 7) is 5.41. The molecule has 0 aromatic carbocycles. The minimum atomic E-state index is 0.718. The third kappa shape index (κ3) is 9.47. The second-order valence-electron chi connectivity index (χ2n) is 16.1. The molecule has 4 unspecified atom stereocenters. The second kappa shape index (κ2) is 17.2. The molecule has 1 N–H and O–H groups in total. The number of nitrogens with one attached hydrogen (secondary N) is 1. The van der Waals surface area contributed by atoms with Crippen LogP contribution < -0.4 is 5.32 Å². The van der Waals surface area contributed by atoms with Gasteiger partial charge in [0.25, 0.3) is 0 Å². The summed E-state index contributed by atoms with van der Waals surface area (Å²) in [5, 5.41) is 3.76. The number of hydrogen-bond acceptors (Lipinski definition) is 2. The molecule has 0 amide bonds. The maximum Gasteiger partial charge on any atom is 0.0471 e. The summed E-state index contributed by atoms with van der Waals surface area (Å²) in [6, 6.07) is 0.718. The lowest BCUT2D eigenvalue weighted by molar-refractivity contribution is 0.0731. The molecule has 0 spiro atoms. The Morgan fingerprint density at radius 3 is 2.23 bits per heavy atom. The summed E-state index contributed by atoms with van der Waals surface area (Å²) in [7, 11) is 0. The van der Waals surface area contributed by atoms with E-state index in [-0.39, 0.29) is 0 Å². The molecule has 44 heavy (non-hydrogen) atoms. The van der Waals surface area contributed by atoms with Gasteiger partial charge in [-0.25, -0.2) is 0 Å². The summed E-state index contributed by atoms with van der Waals surface area (Å²) in [6.07, 6.45) is 42.7. The van der Waals surface area contributed by atoms with Crippen LogP contribution >= 0.6 is 0 Å². The second-order valence-corrected chi connectivity index (χ2v) is 16.1. The summed E-state index contributed by atoms with van der Waals surface area (Å²) in [5.41, 5.74) is 7.32. The lowest BCUT2D eigenvalue weighted by Crippen LogP contribution is -2.31. The van der Waals surface area contributed by atoms with Crippen molar-refractivity contribution < 1.29 is 4.74 Å². The van der Waals surface area contributed by atoms with Crippen LogP contribution in [0.25, 0.3) is 0 Å². The molecule has 5 aliphatic carbocycles. The van der Waals surface area contributed by atoms with Crippen LogP contribution in [0.2, 0.25) is 0 Å². The minimum Gasteiger partial charge on any atom is -0.381 e. The Morgan fingerprint density at radius 1 is 0.727 bits per heavy atom. The van der Waals surface area contributed by atoms with Gasteiger partial charge in [0.2, 0.25) is 0 Å². The van der Waals surface area contributed by atoms with Gasteiger partial charge >= 0.3 is 0 Å². The molecule has 1 saturated heterocycles. The summed E-state index contributed by atoms with van der Waals surface area (Å²) >= 11 is 0. The standard InChI is InChI=1S/C42H67NO/c1-2-24-43-42-20-14-33(15-21-42)27-35-28-34(30-41(31-35)39-22-25-44-26-23-39)10-6-8-32-9-7-13-40(29-32)38-18-16-37(17-19-38)36-11-4-3-5-12-36/h11,13-14,31-32,34-35,37-39,42-43H,2-10,12,15-30H2,1H3. The first-order chi connectivity index (χ1) is 21.7. The van der Waals surface area contributed by atoms with E-state index in [1.807, 2.05) is 16.7 Å². The predicted octanol–water partition coefficient (Wildman–Crippen LogP) is 11.4. The van der Waals surface area contributed by atoms with Gasteiger partial charge in [-0.3, -0.25) is 0 Å². The molecule has 0 aromatic heterocycles. The molecule has 0 aromatic rings. The lowest BCUT2D eigenvalue weighted by atomic mass is 9.70. The molecule has 1 aliphatic heterocycles. The van der Waals surface area contributed by atoms with E-state index in [0.29, 0.717) is 0 Å². The number of ether oxygens (including phenoxy) is 1. The van der Waals surface area contributed by atoms with Crippen molar-refractivity contribution in [1.29, 1.82) is 0 Å². The highest BCUT2D eigenvalue weighted by Crippen LogP contribution is 2.44. The average Bonchev–Trinajstić information content (AvgIpc) is 3.09. The monoisotopic (exact) mass is 602 g/mol. The van der Waals surface area contributed by atoms with Crippen molar-refractivity contribution >= 4 is 0 Å². The van der Waals surface area contributed by atoms with Crippen LogP contribution in [-0.4, -0.2) is 25.8 Å². The van der Waals surface area contributed by atoms with Crippen LogP contribution in [0, 0.1) is 35.5 Å². The Kier molecular flexibility index (Phi) is 12.8. The lowest BCUT2D eigenvalue weighted by Gasteiger charge is -2.36. The molecule has 4 atom stereocenters. The molecule has 2 fully saturated rings. The van der Waals surface area contributed by atoms with Gasteiger partial charge in [-0.2, -0.15) is 0 Å². The van der Waals surface area contributed by atoms with E-state index >= 15 is 0 Å². The maximum atomic E-state index is 5.77. The first kappa shape index (κ1) is 32.8. The van der Waals surface area contributed by atoms with Crippen molar-refractivity contribution in [2.75, 3.05) is 19.8 Å². The van der Waals surface area contributed by atoms with E-state index < -0.39 is 0 Å². The summed E-state index contributed by atoms with van der Waals surface area (Å²) in [4.78, 5) is 0. The van der Waals surface area contributed by atoms with E-state index in [1.54, 1.807) is 5.57 Å². The van der Waals surface area contributed by atoms with Gasteiger partial charge in [-0.1, -0.05) is 72.8 Å². The molecule has 0 radical (unpaired) electrons.